The number of carbonyl (C=O) groups is 4. The molecule has 0 bridgehead atoms. The molecule has 1 aromatic rings. The van der Waals surface area contributed by atoms with Crippen molar-refractivity contribution in [3.63, 3.8) is 0 Å². The topological polar surface area (TPSA) is 156 Å². The van der Waals surface area contributed by atoms with Crippen LogP contribution < -0.4 is 14.8 Å². The first kappa shape index (κ1) is 31.5. The van der Waals surface area contributed by atoms with Gasteiger partial charge in [0.1, 0.15) is 0 Å². The minimum Gasteiger partial charge on any atom is -0.477 e. The molecule has 0 aliphatic carbocycles. The van der Waals surface area contributed by atoms with E-state index in [0.717, 1.165) is 7.11 Å². The molecule has 12 nitrogen and oxygen atoms in total. The maximum atomic E-state index is 12.3. The van der Waals surface area contributed by atoms with Crippen LogP contribution in [0.2, 0.25) is 0 Å². The zero-order valence-corrected chi connectivity index (χ0v) is 22.3. The second-order valence-corrected chi connectivity index (χ2v) is 9.21. The van der Waals surface area contributed by atoms with Crippen molar-refractivity contribution in [2.75, 3.05) is 20.3 Å². The van der Waals surface area contributed by atoms with Crippen LogP contribution in [0.5, 0.6) is 11.5 Å². The lowest BCUT2D eigenvalue weighted by Gasteiger charge is -2.32. The second-order valence-electron chi connectivity index (χ2n) is 9.21. The van der Waals surface area contributed by atoms with Crippen molar-refractivity contribution in [3.05, 3.63) is 23.8 Å². The Bertz CT molecular complexity index is 931. The standard InChI is InChI=1S/C25H37NO11/c1-8-17(6)26-25(21(27)28,37-22(29)32-7)12-18-9-10-19(35-23(30)33-13-15(2)3)20(11-18)36-24(31)34-14-16(4)5/h9-11,15-17,26H,8,12-14H2,1-7H3,(H,27,28)/t17?,25-/m0/s1. The van der Waals surface area contributed by atoms with E-state index >= 15 is 0 Å². The molecule has 1 rings (SSSR count). The Labute approximate surface area is 216 Å². The number of carbonyl (C=O) groups excluding carboxylic acids is 3. The monoisotopic (exact) mass is 527 g/mol. The van der Waals surface area contributed by atoms with Gasteiger partial charge in [0.05, 0.1) is 20.3 Å². The van der Waals surface area contributed by atoms with Crippen molar-refractivity contribution < 1.29 is 52.7 Å². The Morgan fingerprint density at radius 2 is 1.43 bits per heavy atom. The number of carboxylic acids is 1. The van der Waals surface area contributed by atoms with Crippen LogP contribution in [0.15, 0.2) is 18.2 Å². The third-order valence-electron chi connectivity index (χ3n) is 4.78. The van der Waals surface area contributed by atoms with E-state index in [1.54, 1.807) is 6.92 Å². The number of nitrogens with one attached hydrogen (secondary N) is 1. The first-order valence-electron chi connectivity index (χ1n) is 11.9. The van der Waals surface area contributed by atoms with Crippen molar-refractivity contribution >= 4 is 24.4 Å². The van der Waals surface area contributed by atoms with Crippen LogP contribution in [-0.2, 0) is 30.2 Å². The normalized spacial score (nSPS) is 13.3. The van der Waals surface area contributed by atoms with Crippen LogP contribution >= 0.6 is 0 Å². The lowest BCUT2D eigenvalue weighted by atomic mass is 10.00. The van der Waals surface area contributed by atoms with E-state index in [-0.39, 0.29) is 48.2 Å². The van der Waals surface area contributed by atoms with Gasteiger partial charge in [0.15, 0.2) is 11.5 Å². The molecule has 0 spiro atoms. The number of aliphatic carboxylic acids is 1. The van der Waals surface area contributed by atoms with Crippen molar-refractivity contribution in [1.82, 2.24) is 5.32 Å². The molecule has 2 atom stereocenters. The molecule has 208 valence electrons. The van der Waals surface area contributed by atoms with Crippen molar-refractivity contribution in [2.24, 2.45) is 11.8 Å². The minimum absolute atomic E-state index is 0.0406. The lowest BCUT2D eigenvalue weighted by molar-refractivity contribution is -0.166. The lowest BCUT2D eigenvalue weighted by Crippen LogP contribution is -2.59. The quantitative estimate of drug-likeness (QED) is 0.160. The summed E-state index contributed by atoms with van der Waals surface area (Å²) in [6.45, 7) is 11.1. The van der Waals surface area contributed by atoms with E-state index in [4.69, 9.17) is 23.7 Å². The molecule has 37 heavy (non-hydrogen) atoms. The average molecular weight is 528 g/mol. The van der Waals surface area contributed by atoms with Gasteiger partial charge in [-0.25, -0.2) is 19.2 Å². The maximum Gasteiger partial charge on any atom is 0.513 e. The molecule has 0 aliphatic rings. The number of carboxylic acid groups (broad SMARTS) is 1. The average Bonchev–Trinajstić information content (AvgIpc) is 2.82. The summed E-state index contributed by atoms with van der Waals surface area (Å²) in [6, 6.07) is 3.64. The molecule has 1 unspecified atom stereocenters. The zero-order valence-electron chi connectivity index (χ0n) is 22.3. The Balaban J connectivity index is 3.38. The van der Waals surface area contributed by atoms with Gasteiger partial charge in [0.25, 0.3) is 5.72 Å². The van der Waals surface area contributed by atoms with Gasteiger partial charge in [-0.05, 0) is 42.9 Å². The summed E-state index contributed by atoms with van der Waals surface area (Å²) in [5, 5.41) is 12.8. The molecule has 0 amide bonds. The SMILES string of the molecule is CCC(C)N[C@@](Cc1ccc(OC(=O)OCC(C)C)c(OC(=O)OCC(C)C)c1)(OC(=O)OC)C(=O)O. The fraction of sp³-hybridized carbons (Fsp3) is 0.600. The van der Waals surface area contributed by atoms with Crippen molar-refractivity contribution in [2.45, 2.75) is 66.2 Å². The van der Waals surface area contributed by atoms with Crippen LogP contribution in [0.25, 0.3) is 0 Å². The molecule has 0 aliphatic heterocycles. The predicted octanol–water partition coefficient (Wildman–Crippen LogP) is 4.52. The molecule has 0 radical (unpaired) electrons. The Kier molecular flexibility index (Phi) is 12.7. The smallest absolute Gasteiger partial charge is 0.477 e. The van der Waals surface area contributed by atoms with Gasteiger partial charge < -0.3 is 33.5 Å². The van der Waals surface area contributed by atoms with E-state index < -0.39 is 36.6 Å². The van der Waals surface area contributed by atoms with Crippen LogP contribution in [0.3, 0.4) is 0 Å². The van der Waals surface area contributed by atoms with Gasteiger partial charge in [-0.15, -0.1) is 0 Å². The summed E-state index contributed by atoms with van der Waals surface area (Å²) in [4.78, 5) is 48.5. The Hall–Kier alpha value is -3.54. The number of ether oxygens (including phenoxy) is 6. The highest BCUT2D eigenvalue weighted by molar-refractivity contribution is 5.80. The van der Waals surface area contributed by atoms with Crippen molar-refractivity contribution in [3.8, 4) is 11.5 Å². The number of benzene rings is 1. The predicted molar refractivity (Wildman–Crippen MR) is 131 cm³/mol. The Morgan fingerprint density at radius 1 is 0.892 bits per heavy atom. The molecule has 0 saturated carbocycles. The molecular weight excluding hydrogens is 490 g/mol. The number of hydrogen-bond acceptors (Lipinski definition) is 11. The third kappa shape index (κ3) is 10.9. The van der Waals surface area contributed by atoms with Gasteiger partial charge >= 0.3 is 24.4 Å². The summed E-state index contributed by atoms with van der Waals surface area (Å²) >= 11 is 0. The molecule has 0 saturated heterocycles. The minimum atomic E-state index is -2.21. The highest BCUT2D eigenvalue weighted by atomic mass is 16.8. The number of hydrogen-bond donors (Lipinski definition) is 2. The molecule has 0 fully saturated rings. The summed E-state index contributed by atoms with van der Waals surface area (Å²) < 4.78 is 30.1. The van der Waals surface area contributed by atoms with E-state index in [9.17, 15) is 24.3 Å². The second kappa shape index (κ2) is 14.9. The third-order valence-corrected chi connectivity index (χ3v) is 4.78. The zero-order chi connectivity index (χ0) is 28.2. The number of methoxy groups -OCH3 is 1. The van der Waals surface area contributed by atoms with E-state index in [1.807, 2.05) is 34.6 Å². The largest absolute Gasteiger partial charge is 0.513 e. The molecular formula is C25H37NO11. The fourth-order valence-corrected chi connectivity index (χ4v) is 2.80. The van der Waals surface area contributed by atoms with Gasteiger partial charge in [-0.3, -0.25) is 5.32 Å². The molecule has 0 heterocycles. The molecule has 2 N–H and O–H groups in total. The first-order chi connectivity index (χ1) is 17.3. The Morgan fingerprint density at radius 3 is 1.89 bits per heavy atom. The van der Waals surface area contributed by atoms with Crippen molar-refractivity contribution in [1.29, 1.82) is 0 Å². The summed E-state index contributed by atoms with van der Waals surface area (Å²) in [6.07, 6.45) is -3.15. The molecule has 1 aromatic carbocycles. The summed E-state index contributed by atoms with van der Waals surface area (Å²) in [5.41, 5.74) is -1.95. The van der Waals surface area contributed by atoms with Crippen LogP contribution in [0, 0.1) is 11.8 Å². The van der Waals surface area contributed by atoms with E-state index in [1.165, 1.54) is 18.2 Å². The highest BCUT2D eigenvalue weighted by Gasteiger charge is 2.44. The highest BCUT2D eigenvalue weighted by Crippen LogP contribution is 2.31. The first-order valence-corrected chi connectivity index (χ1v) is 11.9. The van der Waals surface area contributed by atoms with Gasteiger partial charge in [-0.1, -0.05) is 40.7 Å². The van der Waals surface area contributed by atoms with Crippen LogP contribution in [0.4, 0.5) is 14.4 Å². The van der Waals surface area contributed by atoms with E-state index in [2.05, 4.69) is 10.1 Å². The van der Waals surface area contributed by atoms with Gasteiger partial charge in [0, 0.05) is 12.5 Å². The molecule has 0 aromatic heterocycles. The fourth-order valence-electron chi connectivity index (χ4n) is 2.80. The summed E-state index contributed by atoms with van der Waals surface area (Å²) in [5.74, 6) is -1.76. The molecule has 12 heteroatoms. The van der Waals surface area contributed by atoms with Crippen LogP contribution in [0.1, 0.15) is 53.5 Å². The van der Waals surface area contributed by atoms with Gasteiger partial charge in [0.2, 0.25) is 0 Å². The maximum absolute atomic E-state index is 12.3. The van der Waals surface area contributed by atoms with E-state index in [0.29, 0.717) is 6.42 Å². The summed E-state index contributed by atoms with van der Waals surface area (Å²) in [7, 11) is 1.05. The van der Waals surface area contributed by atoms with Gasteiger partial charge in [-0.2, -0.15) is 0 Å². The number of rotatable bonds is 13. The van der Waals surface area contributed by atoms with Crippen LogP contribution in [-0.4, -0.2) is 61.6 Å².